The van der Waals surface area contributed by atoms with Crippen molar-refractivity contribution in [3.05, 3.63) is 5.82 Å². The molecule has 2 heterocycles. The van der Waals surface area contributed by atoms with E-state index in [1.807, 2.05) is 0 Å². The molecule has 1 aromatic rings. The summed E-state index contributed by atoms with van der Waals surface area (Å²) in [5.74, 6) is -1.15. The Morgan fingerprint density at radius 3 is 2.78 bits per heavy atom. The summed E-state index contributed by atoms with van der Waals surface area (Å²) >= 11 is 0.730. The second kappa shape index (κ2) is 4.71. The van der Waals surface area contributed by atoms with Crippen molar-refractivity contribution in [3.63, 3.8) is 0 Å². The fourth-order valence-electron chi connectivity index (χ4n) is 1.86. The summed E-state index contributed by atoms with van der Waals surface area (Å²) in [4.78, 5) is 5.21. The molecule has 0 spiro atoms. The molecule has 0 bridgehead atoms. The van der Waals surface area contributed by atoms with E-state index in [1.165, 1.54) is 0 Å². The topological polar surface area (TPSA) is 78.9 Å². The maximum atomic E-state index is 12.4. The fourth-order valence-corrected chi connectivity index (χ4v) is 2.58. The van der Waals surface area contributed by atoms with Gasteiger partial charge in [0, 0.05) is 30.5 Å². The van der Waals surface area contributed by atoms with Crippen LogP contribution in [0.1, 0.15) is 18.7 Å². The van der Waals surface area contributed by atoms with Crippen LogP contribution in [0.5, 0.6) is 0 Å². The third-order valence-corrected chi connectivity index (χ3v) is 3.58. The average molecular weight is 279 g/mol. The zero-order valence-corrected chi connectivity index (χ0v) is 10.2. The quantitative estimate of drug-likeness (QED) is 0.638. The van der Waals surface area contributed by atoms with Crippen LogP contribution in [0, 0.1) is 11.3 Å². The number of halogens is 3. The second-order valence-corrected chi connectivity index (χ2v) is 4.87. The molecule has 1 atom stereocenters. The molecule has 0 aliphatic carbocycles. The van der Waals surface area contributed by atoms with Crippen LogP contribution in [0.2, 0.25) is 0 Å². The minimum absolute atomic E-state index is 0.0697. The molecule has 0 saturated carbocycles. The van der Waals surface area contributed by atoms with Gasteiger partial charge in [-0.05, 0) is 12.8 Å². The van der Waals surface area contributed by atoms with E-state index in [-0.39, 0.29) is 16.9 Å². The van der Waals surface area contributed by atoms with Gasteiger partial charge >= 0.3 is 6.18 Å². The van der Waals surface area contributed by atoms with E-state index in [4.69, 9.17) is 11.1 Å². The largest absolute Gasteiger partial charge is 0.452 e. The maximum absolute atomic E-state index is 12.4. The molecule has 1 aliphatic rings. The molecule has 9 heteroatoms. The van der Waals surface area contributed by atoms with Gasteiger partial charge in [0.25, 0.3) is 0 Å². The fraction of sp³-hybridized carbons (Fsp3) is 0.667. The first-order valence-corrected chi connectivity index (χ1v) is 6.15. The molecule has 0 radical (unpaired) electrons. The number of nitrogens with two attached hydrogens (primary N) is 1. The molecule has 0 amide bonds. The molecular formula is C9H12F3N5S. The van der Waals surface area contributed by atoms with Gasteiger partial charge in [-0.3, -0.25) is 5.41 Å². The van der Waals surface area contributed by atoms with E-state index in [9.17, 15) is 13.2 Å². The van der Waals surface area contributed by atoms with Crippen LogP contribution in [0.15, 0.2) is 0 Å². The van der Waals surface area contributed by atoms with Crippen molar-refractivity contribution in [1.29, 1.82) is 5.41 Å². The molecule has 1 fully saturated rings. The Morgan fingerprint density at radius 2 is 2.22 bits per heavy atom. The number of anilines is 1. The zero-order chi connectivity index (χ0) is 13.3. The Hall–Kier alpha value is -1.38. The van der Waals surface area contributed by atoms with Crippen molar-refractivity contribution in [3.8, 4) is 0 Å². The highest BCUT2D eigenvalue weighted by Gasteiger charge is 2.37. The van der Waals surface area contributed by atoms with Gasteiger partial charge in [-0.25, -0.2) is 0 Å². The molecular weight excluding hydrogens is 267 g/mol. The number of piperidine rings is 1. The molecule has 1 unspecified atom stereocenters. The minimum atomic E-state index is -4.51. The number of hydrogen-bond donors (Lipinski definition) is 2. The lowest BCUT2D eigenvalue weighted by Gasteiger charge is -2.31. The maximum Gasteiger partial charge on any atom is 0.452 e. The number of nitrogens with zero attached hydrogens (tertiary/aromatic N) is 3. The lowest BCUT2D eigenvalue weighted by atomic mass is 9.97. The van der Waals surface area contributed by atoms with Crippen molar-refractivity contribution >= 4 is 22.5 Å². The van der Waals surface area contributed by atoms with E-state index in [0.717, 1.165) is 24.4 Å². The standard InChI is InChI=1S/C9H12F3N5S/c10-9(11,12)7-15-8(18-16-7)17-3-1-2-5(4-17)6(13)14/h5H,1-4H2,(H3,13,14). The van der Waals surface area contributed by atoms with Crippen LogP contribution < -0.4 is 10.6 Å². The Balaban J connectivity index is 2.12. The van der Waals surface area contributed by atoms with Crippen LogP contribution >= 0.6 is 11.5 Å². The number of alkyl halides is 3. The Bertz CT molecular complexity index is 444. The number of nitrogens with one attached hydrogen (secondary N) is 1. The normalized spacial score (nSPS) is 21.1. The number of amidine groups is 1. The van der Waals surface area contributed by atoms with Crippen molar-refractivity contribution < 1.29 is 13.2 Å². The van der Waals surface area contributed by atoms with E-state index in [0.29, 0.717) is 13.1 Å². The van der Waals surface area contributed by atoms with Gasteiger partial charge in [-0.2, -0.15) is 22.5 Å². The van der Waals surface area contributed by atoms with Crippen LogP contribution in [-0.2, 0) is 6.18 Å². The highest BCUT2D eigenvalue weighted by molar-refractivity contribution is 7.09. The third-order valence-electron chi connectivity index (χ3n) is 2.80. The molecule has 0 aromatic carbocycles. The summed E-state index contributed by atoms with van der Waals surface area (Å²) in [6.45, 7) is 1.05. The molecule has 3 N–H and O–H groups in total. The van der Waals surface area contributed by atoms with E-state index >= 15 is 0 Å². The molecule has 2 rings (SSSR count). The number of aromatic nitrogens is 2. The monoisotopic (exact) mass is 279 g/mol. The minimum Gasteiger partial charge on any atom is -0.387 e. The first kappa shape index (κ1) is 13.1. The van der Waals surface area contributed by atoms with Gasteiger partial charge in [0.2, 0.25) is 11.0 Å². The smallest absolute Gasteiger partial charge is 0.387 e. The zero-order valence-electron chi connectivity index (χ0n) is 9.37. The summed E-state index contributed by atoms with van der Waals surface area (Å²) in [6.07, 6.45) is -2.94. The van der Waals surface area contributed by atoms with Gasteiger partial charge < -0.3 is 10.6 Å². The van der Waals surface area contributed by atoms with Crippen molar-refractivity contribution in [2.24, 2.45) is 11.7 Å². The average Bonchev–Trinajstić information content (AvgIpc) is 2.78. The molecule has 1 aliphatic heterocycles. The van der Waals surface area contributed by atoms with Gasteiger partial charge in [-0.15, -0.1) is 0 Å². The predicted molar refractivity (Wildman–Crippen MR) is 61.8 cm³/mol. The van der Waals surface area contributed by atoms with E-state index < -0.39 is 12.0 Å². The van der Waals surface area contributed by atoms with Crippen LogP contribution in [0.3, 0.4) is 0 Å². The first-order valence-electron chi connectivity index (χ1n) is 5.37. The Morgan fingerprint density at radius 1 is 1.50 bits per heavy atom. The van der Waals surface area contributed by atoms with Crippen molar-refractivity contribution in [2.75, 3.05) is 18.0 Å². The summed E-state index contributed by atoms with van der Waals surface area (Å²) in [5.41, 5.74) is 5.43. The van der Waals surface area contributed by atoms with E-state index in [2.05, 4.69) is 9.36 Å². The summed E-state index contributed by atoms with van der Waals surface area (Å²) in [7, 11) is 0. The Labute approximate surface area is 105 Å². The third kappa shape index (κ3) is 2.71. The summed E-state index contributed by atoms with van der Waals surface area (Å²) < 4.78 is 40.5. The van der Waals surface area contributed by atoms with Gasteiger partial charge in [0.15, 0.2) is 0 Å². The van der Waals surface area contributed by atoms with Crippen LogP contribution in [0.4, 0.5) is 18.3 Å². The molecule has 18 heavy (non-hydrogen) atoms. The molecule has 1 saturated heterocycles. The van der Waals surface area contributed by atoms with E-state index in [1.54, 1.807) is 4.90 Å². The Kier molecular flexibility index (Phi) is 3.42. The number of rotatable bonds is 2. The second-order valence-electron chi connectivity index (χ2n) is 4.14. The highest BCUT2D eigenvalue weighted by atomic mass is 32.1. The van der Waals surface area contributed by atoms with Gasteiger partial charge in [0.1, 0.15) is 0 Å². The summed E-state index contributed by atoms with van der Waals surface area (Å²) in [6, 6.07) is 0. The van der Waals surface area contributed by atoms with Crippen molar-refractivity contribution in [2.45, 2.75) is 19.0 Å². The lowest BCUT2D eigenvalue weighted by molar-refractivity contribution is -0.144. The van der Waals surface area contributed by atoms with Crippen LogP contribution in [-0.4, -0.2) is 28.3 Å². The molecule has 1 aromatic heterocycles. The molecule has 5 nitrogen and oxygen atoms in total. The van der Waals surface area contributed by atoms with Gasteiger partial charge in [-0.1, -0.05) is 0 Å². The SMILES string of the molecule is N=C(N)C1CCCN(c2nc(C(F)(F)F)ns2)C1. The predicted octanol–water partition coefficient (Wildman–Crippen LogP) is 1.71. The molecule has 100 valence electrons. The lowest BCUT2D eigenvalue weighted by Crippen LogP contribution is -2.40. The summed E-state index contributed by atoms with van der Waals surface area (Å²) in [5, 5.41) is 7.63. The van der Waals surface area contributed by atoms with Gasteiger partial charge in [0.05, 0.1) is 5.84 Å². The highest BCUT2D eigenvalue weighted by Crippen LogP contribution is 2.31. The number of hydrogen-bond acceptors (Lipinski definition) is 5. The van der Waals surface area contributed by atoms with Crippen molar-refractivity contribution in [1.82, 2.24) is 9.36 Å². The van der Waals surface area contributed by atoms with Crippen LogP contribution in [0.25, 0.3) is 0 Å². The first-order chi connectivity index (χ1) is 8.38.